The summed E-state index contributed by atoms with van der Waals surface area (Å²) in [5.74, 6) is -0.386. The Labute approximate surface area is 211 Å². The second-order valence-electron chi connectivity index (χ2n) is 8.17. The summed E-state index contributed by atoms with van der Waals surface area (Å²) in [6, 6.07) is 22.4. The standard InChI is InChI=1S/C26H22N6O3S/c1-16-7-9-17(10-8-16)27-14-22-30-31-26(32(22)19-5-3-2-4-6-19)36-15-23(33)28-18-11-12-20-21(13-18)25(35)29-24(20)34/h2-13,27H,14-15H2,1H3,(H,28,33)(H,29,34,35). The first-order valence-corrected chi connectivity index (χ1v) is 12.2. The smallest absolute Gasteiger partial charge is 0.259 e. The number of nitrogens with one attached hydrogen (secondary N) is 3. The summed E-state index contributed by atoms with van der Waals surface area (Å²) < 4.78 is 1.92. The lowest BCUT2D eigenvalue weighted by Gasteiger charge is -2.12. The van der Waals surface area contributed by atoms with Crippen molar-refractivity contribution in [3.8, 4) is 5.69 Å². The first-order chi connectivity index (χ1) is 17.5. The average Bonchev–Trinajstić information content (AvgIpc) is 3.42. The highest BCUT2D eigenvalue weighted by molar-refractivity contribution is 7.99. The normalized spacial score (nSPS) is 12.2. The van der Waals surface area contributed by atoms with Crippen molar-refractivity contribution in [2.45, 2.75) is 18.6 Å². The number of fused-ring (bicyclic) bond motifs is 1. The van der Waals surface area contributed by atoms with E-state index in [0.29, 0.717) is 28.8 Å². The third-order valence-corrected chi connectivity index (χ3v) is 6.50. The van der Waals surface area contributed by atoms with E-state index in [-0.39, 0.29) is 17.2 Å². The second-order valence-corrected chi connectivity index (χ2v) is 9.11. The molecule has 9 nitrogen and oxygen atoms in total. The number of hydrogen-bond acceptors (Lipinski definition) is 7. The molecule has 0 unspecified atom stereocenters. The summed E-state index contributed by atoms with van der Waals surface area (Å²) in [5, 5.41) is 17.7. The first-order valence-electron chi connectivity index (χ1n) is 11.2. The summed E-state index contributed by atoms with van der Waals surface area (Å²) in [5.41, 5.74) is 4.04. The fourth-order valence-electron chi connectivity index (χ4n) is 3.77. The molecule has 0 saturated carbocycles. The van der Waals surface area contributed by atoms with Gasteiger partial charge in [0.25, 0.3) is 11.8 Å². The summed E-state index contributed by atoms with van der Waals surface area (Å²) >= 11 is 1.26. The summed E-state index contributed by atoms with van der Waals surface area (Å²) in [6.07, 6.45) is 0. The molecule has 1 aliphatic rings. The van der Waals surface area contributed by atoms with E-state index in [2.05, 4.69) is 26.1 Å². The number of aryl methyl sites for hydroxylation is 1. The van der Waals surface area contributed by atoms with Crippen molar-refractivity contribution in [3.05, 3.63) is 95.3 Å². The molecule has 1 aromatic heterocycles. The SMILES string of the molecule is Cc1ccc(NCc2nnc(SCC(=O)Nc3ccc4c(c3)C(=O)NC4=O)n2-c2ccccc2)cc1. The number of aromatic nitrogens is 3. The Hall–Kier alpha value is -4.44. The van der Waals surface area contributed by atoms with Crippen LogP contribution in [0.3, 0.4) is 0 Å². The van der Waals surface area contributed by atoms with Crippen LogP contribution in [0, 0.1) is 6.92 Å². The summed E-state index contributed by atoms with van der Waals surface area (Å²) in [6.45, 7) is 2.49. The Bertz CT molecular complexity index is 1450. The Kier molecular flexibility index (Phi) is 6.50. The van der Waals surface area contributed by atoms with E-state index in [1.165, 1.54) is 29.5 Å². The van der Waals surface area contributed by atoms with Crippen molar-refractivity contribution in [3.63, 3.8) is 0 Å². The van der Waals surface area contributed by atoms with Gasteiger partial charge in [0.05, 0.1) is 23.4 Å². The number of carbonyl (C=O) groups is 3. The lowest BCUT2D eigenvalue weighted by molar-refractivity contribution is -0.113. The minimum absolute atomic E-state index is 0.0819. The van der Waals surface area contributed by atoms with Gasteiger partial charge in [0, 0.05) is 17.1 Å². The van der Waals surface area contributed by atoms with Gasteiger partial charge in [-0.05, 0) is 49.4 Å². The van der Waals surface area contributed by atoms with E-state index < -0.39 is 11.8 Å². The van der Waals surface area contributed by atoms with Gasteiger partial charge in [-0.1, -0.05) is 47.7 Å². The molecule has 0 saturated heterocycles. The number of anilines is 2. The number of nitrogens with zero attached hydrogens (tertiary/aromatic N) is 3. The Morgan fingerprint density at radius 2 is 1.64 bits per heavy atom. The monoisotopic (exact) mass is 498 g/mol. The molecular formula is C26H22N6O3S. The molecule has 0 aliphatic carbocycles. The zero-order valence-electron chi connectivity index (χ0n) is 19.3. The second kappa shape index (κ2) is 10.0. The van der Waals surface area contributed by atoms with Gasteiger partial charge in [0.15, 0.2) is 11.0 Å². The molecule has 1 aliphatic heterocycles. The lowest BCUT2D eigenvalue weighted by Crippen LogP contribution is -2.19. The van der Waals surface area contributed by atoms with Crippen LogP contribution in [-0.2, 0) is 11.3 Å². The lowest BCUT2D eigenvalue weighted by atomic mass is 10.1. The number of rotatable bonds is 8. The first kappa shape index (κ1) is 23.3. The molecule has 5 rings (SSSR count). The van der Waals surface area contributed by atoms with Gasteiger partial charge in [-0.2, -0.15) is 0 Å². The minimum atomic E-state index is -0.469. The molecule has 3 aromatic carbocycles. The van der Waals surface area contributed by atoms with Gasteiger partial charge in [-0.15, -0.1) is 10.2 Å². The maximum Gasteiger partial charge on any atom is 0.259 e. The van der Waals surface area contributed by atoms with E-state index in [9.17, 15) is 14.4 Å². The topological polar surface area (TPSA) is 118 Å². The number of imide groups is 1. The largest absolute Gasteiger partial charge is 0.378 e. The van der Waals surface area contributed by atoms with Crippen LogP contribution in [0.15, 0.2) is 78.0 Å². The highest BCUT2D eigenvalue weighted by atomic mass is 32.2. The van der Waals surface area contributed by atoms with Crippen molar-refractivity contribution in [1.29, 1.82) is 0 Å². The molecule has 0 atom stereocenters. The van der Waals surface area contributed by atoms with Gasteiger partial charge >= 0.3 is 0 Å². The van der Waals surface area contributed by atoms with Gasteiger partial charge in [0.2, 0.25) is 5.91 Å². The zero-order valence-corrected chi connectivity index (χ0v) is 20.1. The molecule has 3 amide bonds. The summed E-state index contributed by atoms with van der Waals surface area (Å²) in [7, 11) is 0. The van der Waals surface area contributed by atoms with Crippen molar-refractivity contribution >= 4 is 40.9 Å². The molecule has 36 heavy (non-hydrogen) atoms. The highest BCUT2D eigenvalue weighted by Crippen LogP contribution is 2.24. The van der Waals surface area contributed by atoms with Crippen LogP contribution in [0.25, 0.3) is 5.69 Å². The minimum Gasteiger partial charge on any atom is -0.378 e. The maximum absolute atomic E-state index is 12.7. The van der Waals surface area contributed by atoms with Crippen molar-refractivity contribution < 1.29 is 14.4 Å². The maximum atomic E-state index is 12.7. The van der Waals surface area contributed by atoms with Crippen molar-refractivity contribution in [2.24, 2.45) is 0 Å². The molecule has 3 N–H and O–H groups in total. The molecule has 0 bridgehead atoms. The third kappa shape index (κ3) is 4.98. The average molecular weight is 499 g/mol. The Balaban J connectivity index is 1.29. The van der Waals surface area contributed by atoms with Crippen LogP contribution in [0.5, 0.6) is 0 Å². The van der Waals surface area contributed by atoms with E-state index in [1.54, 1.807) is 6.07 Å². The van der Waals surface area contributed by atoms with E-state index in [4.69, 9.17) is 0 Å². The van der Waals surface area contributed by atoms with Gasteiger partial charge in [-0.3, -0.25) is 24.3 Å². The summed E-state index contributed by atoms with van der Waals surface area (Å²) in [4.78, 5) is 36.3. The number of para-hydroxylation sites is 1. The quantitative estimate of drug-likeness (QED) is 0.250. The van der Waals surface area contributed by atoms with Crippen LogP contribution < -0.4 is 16.0 Å². The molecule has 0 radical (unpaired) electrons. The zero-order chi connectivity index (χ0) is 25.1. The number of hydrogen-bond donors (Lipinski definition) is 3. The Morgan fingerprint density at radius 1 is 0.917 bits per heavy atom. The molecule has 0 spiro atoms. The third-order valence-electron chi connectivity index (χ3n) is 5.57. The fourth-order valence-corrected chi connectivity index (χ4v) is 4.54. The van der Waals surface area contributed by atoms with Crippen LogP contribution >= 0.6 is 11.8 Å². The number of amides is 3. The van der Waals surface area contributed by atoms with Crippen LogP contribution in [0.4, 0.5) is 11.4 Å². The molecule has 4 aromatic rings. The van der Waals surface area contributed by atoms with E-state index in [1.807, 2.05) is 66.1 Å². The van der Waals surface area contributed by atoms with E-state index in [0.717, 1.165) is 11.4 Å². The predicted octanol–water partition coefficient (Wildman–Crippen LogP) is 3.80. The van der Waals surface area contributed by atoms with Gasteiger partial charge in [-0.25, -0.2) is 0 Å². The van der Waals surface area contributed by atoms with Crippen LogP contribution in [0.2, 0.25) is 0 Å². The fraction of sp³-hybridized carbons (Fsp3) is 0.115. The van der Waals surface area contributed by atoms with Crippen molar-refractivity contribution in [1.82, 2.24) is 20.1 Å². The van der Waals surface area contributed by atoms with Crippen molar-refractivity contribution in [2.75, 3.05) is 16.4 Å². The molecule has 180 valence electrons. The van der Waals surface area contributed by atoms with Gasteiger partial charge < -0.3 is 10.6 Å². The molecule has 0 fully saturated rings. The number of carbonyl (C=O) groups excluding carboxylic acids is 3. The Morgan fingerprint density at radius 3 is 2.42 bits per heavy atom. The number of thioether (sulfide) groups is 1. The van der Waals surface area contributed by atoms with Gasteiger partial charge in [0.1, 0.15) is 0 Å². The van der Waals surface area contributed by atoms with Crippen LogP contribution in [-0.4, -0.2) is 38.2 Å². The predicted molar refractivity (Wildman–Crippen MR) is 137 cm³/mol. The highest BCUT2D eigenvalue weighted by Gasteiger charge is 2.26. The molecule has 2 heterocycles. The number of benzene rings is 3. The molecular weight excluding hydrogens is 476 g/mol. The van der Waals surface area contributed by atoms with E-state index >= 15 is 0 Å². The molecule has 10 heteroatoms. The van der Waals surface area contributed by atoms with Crippen LogP contribution in [0.1, 0.15) is 32.1 Å².